The molecule has 1 aromatic heterocycles. The number of benzene rings is 3. The van der Waals surface area contributed by atoms with Crippen molar-refractivity contribution < 1.29 is 4.42 Å². The van der Waals surface area contributed by atoms with Gasteiger partial charge in [0.05, 0.1) is 11.0 Å². The first-order valence-corrected chi connectivity index (χ1v) is 6.92. The van der Waals surface area contributed by atoms with Gasteiger partial charge in [0, 0.05) is 10.8 Å². The van der Waals surface area contributed by atoms with Crippen molar-refractivity contribution in [2.75, 3.05) is 0 Å². The average Bonchev–Trinajstić information content (AvgIpc) is 2.55. The monoisotopic (exact) mass is 271 g/mol. The minimum atomic E-state index is 0.853. The third kappa shape index (κ3) is 2.11. The Bertz CT molecular complexity index is 927. The summed E-state index contributed by atoms with van der Waals surface area (Å²) in [5.74, 6) is 0. The van der Waals surface area contributed by atoms with Crippen molar-refractivity contribution in [1.29, 1.82) is 0 Å². The molecule has 0 saturated carbocycles. The first-order valence-electron chi connectivity index (χ1n) is 6.92. The lowest BCUT2D eigenvalue weighted by molar-refractivity contribution is 0.659. The molecule has 21 heavy (non-hydrogen) atoms. The molecule has 0 aliphatic heterocycles. The van der Waals surface area contributed by atoms with Crippen molar-refractivity contribution in [3.8, 4) is 0 Å². The standard InChI is InChI=1S/C19H13NO/c1-2-8-14(9-3-1)20-19-15-10-4-6-12-17(15)21-18-13-7-5-11-16(18)19/h1-13H. The number of nitrogens with zero attached hydrogens (tertiary/aromatic N) is 1. The summed E-state index contributed by atoms with van der Waals surface area (Å²) in [6, 6.07) is 26.0. The molecule has 0 unspecified atom stereocenters. The zero-order chi connectivity index (χ0) is 14.1. The molecule has 0 bridgehead atoms. The topological polar surface area (TPSA) is 25.5 Å². The SMILES string of the molecule is c1ccc(N=c2c3ccccc3oc3ccccc23)cc1. The molecule has 0 aliphatic rings. The maximum Gasteiger partial charge on any atom is 0.136 e. The fourth-order valence-corrected chi connectivity index (χ4v) is 2.52. The molecule has 0 radical (unpaired) electrons. The lowest BCUT2D eigenvalue weighted by Gasteiger charge is -2.03. The van der Waals surface area contributed by atoms with Crippen LogP contribution in [-0.2, 0) is 0 Å². The normalized spacial score (nSPS) is 10.9. The fraction of sp³-hybridized carbons (Fsp3) is 0. The molecule has 0 aliphatic carbocycles. The Labute approximate surface area is 122 Å². The van der Waals surface area contributed by atoms with Gasteiger partial charge in [-0.2, -0.15) is 0 Å². The minimum absolute atomic E-state index is 0.853. The highest BCUT2D eigenvalue weighted by Gasteiger charge is 2.04. The van der Waals surface area contributed by atoms with E-state index < -0.39 is 0 Å². The molecule has 0 saturated heterocycles. The van der Waals surface area contributed by atoms with Crippen molar-refractivity contribution in [1.82, 2.24) is 0 Å². The largest absolute Gasteiger partial charge is 0.456 e. The molecule has 0 spiro atoms. The van der Waals surface area contributed by atoms with Gasteiger partial charge in [0.25, 0.3) is 0 Å². The van der Waals surface area contributed by atoms with Gasteiger partial charge in [-0.1, -0.05) is 42.5 Å². The number of hydrogen-bond acceptors (Lipinski definition) is 2. The van der Waals surface area contributed by atoms with E-state index in [4.69, 9.17) is 9.41 Å². The molecule has 2 heteroatoms. The third-order valence-electron chi connectivity index (χ3n) is 3.50. The second-order valence-electron chi connectivity index (χ2n) is 4.89. The van der Waals surface area contributed by atoms with Crippen LogP contribution in [0.2, 0.25) is 0 Å². The highest BCUT2D eigenvalue weighted by Crippen LogP contribution is 2.19. The van der Waals surface area contributed by atoms with Crippen molar-refractivity contribution in [3.05, 3.63) is 84.2 Å². The van der Waals surface area contributed by atoms with Crippen LogP contribution in [0, 0.1) is 0 Å². The second-order valence-corrected chi connectivity index (χ2v) is 4.89. The Kier molecular flexibility index (Phi) is 2.79. The fourth-order valence-electron chi connectivity index (χ4n) is 2.52. The van der Waals surface area contributed by atoms with Gasteiger partial charge in [0.1, 0.15) is 11.2 Å². The zero-order valence-electron chi connectivity index (χ0n) is 11.4. The lowest BCUT2D eigenvalue weighted by atomic mass is 10.1. The van der Waals surface area contributed by atoms with E-state index in [0.29, 0.717) is 0 Å². The highest BCUT2D eigenvalue weighted by atomic mass is 16.3. The summed E-state index contributed by atoms with van der Waals surface area (Å²) in [7, 11) is 0. The molecule has 3 aromatic carbocycles. The summed E-state index contributed by atoms with van der Waals surface area (Å²) < 4.78 is 5.96. The van der Waals surface area contributed by atoms with Crippen LogP contribution in [0.5, 0.6) is 0 Å². The molecule has 0 atom stereocenters. The van der Waals surface area contributed by atoms with Gasteiger partial charge in [0.15, 0.2) is 0 Å². The summed E-state index contributed by atoms with van der Waals surface area (Å²) in [5.41, 5.74) is 2.65. The van der Waals surface area contributed by atoms with E-state index in [-0.39, 0.29) is 0 Å². The van der Waals surface area contributed by atoms with Gasteiger partial charge < -0.3 is 4.42 Å². The highest BCUT2D eigenvalue weighted by molar-refractivity contribution is 5.89. The van der Waals surface area contributed by atoms with Crippen molar-refractivity contribution >= 4 is 27.6 Å². The molecule has 4 rings (SSSR count). The van der Waals surface area contributed by atoms with Crippen LogP contribution in [0.4, 0.5) is 5.69 Å². The summed E-state index contributed by atoms with van der Waals surface area (Å²) in [6.07, 6.45) is 0. The molecular formula is C19H13NO. The molecule has 0 N–H and O–H groups in total. The lowest BCUT2D eigenvalue weighted by Crippen LogP contribution is -2.04. The Hall–Kier alpha value is -2.87. The molecular weight excluding hydrogens is 258 g/mol. The quantitative estimate of drug-likeness (QED) is 0.456. The van der Waals surface area contributed by atoms with Crippen LogP contribution in [0.15, 0.2) is 88.3 Å². The molecule has 1 heterocycles. The van der Waals surface area contributed by atoms with Gasteiger partial charge in [-0.25, -0.2) is 4.99 Å². The summed E-state index contributed by atoms with van der Waals surface area (Å²) in [4.78, 5) is 4.84. The van der Waals surface area contributed by atoms with E-state index >= 15 is 0 Å². The van der Waals surface area contributed by atoms with Gasteiger partial charge in [-0.15, -0.1) is 0 Å². The molecule has 100 valence electrons. The van der Waals surface area contributed by atoms with Gasteiger partial charge in [-0.05, 0) is 36.4 Å². The van der Waals surface area contributed by atoms with Gasteiger partial charge in [0.2, 0.25) is 0 Å². The van der Waals surface area contributed by atoms with Crippen LogP contribution >= 0.6 is 0 Å². The minimum Gasteiger partial charge on any atom is -0.456 e. The van der Waals surface area contributed by atoms with E-state index in [9.17, 15) is 0 Å². The third-order valence-corrected chi connectivity index (χ3v) is 3.50. The average molecular weight is 271 g/mol. The molecule has 0 amide bonds. The van der Waals surface area contributed by atoms with Crippen molar-refractivity contribution in [2.45, 2.75) is 0 Å². The number of fused-ring (bicyclic) bond motifs is 2. The Balaban J connectivity index is 2.20. The summed E-state index contributed by atoms with van der Waals surface area (Å²) in [6.45, 7) is 0. The van der Waals surface area contributed by atoms with Crippen LogP contribution < -0.4 is 5.36 Å². The van der Waals surface area contributed by atoms with Crippen LogP contribution in [-0.4, -0.2) is 0 Å². The van der Waals surface area contributed by atoms with Crippen LogP contribution in [0.25, 0.3) is 21.9 Å². The first-order chi connectivity index (χ1) is 10.4. The van der Waals surface area contributed by atoms with Gasteiger partial charge in [-0.3, -0.25) is 0 Å². The Morgan fingerprint density at radius 2 is 1.10 bits per heavy atom. The molecule has 2 nitrogen and oxygen atoms in total. The Morgan fingerprint density at radius 3 is 1.71 bits per heavy atom. The number of hydrogen-bond donors (Lipinski definition) is 0. The van der Waals surface area contributed by atoms with E-state index in [1.54, 1.807) is 0 Å². The summed E-state index contributed by atoms with van der Waals surface area (Å²) in [5, 5.41) is 3.01. The molecule has 0 fully saturated rings. The van der Waals surface area contributed by atoms with Crippen LogP contribution in [0.1, 0.15) is 0 Å². The number of para-hydroxylation sites is 3. The first kappa shape index (κ1) is 11.9. The van der Waals surface area contributed by atoms with E-state index in [1.807, 2.05) is 78.9 Å². The van der Waals surface area contributed by atoms with Crippen molar-refractivity contribution in [3.63, 3.8) is 0 Å². The maximum absolute atomic E-state index is 5.96. The van der Waals surface area contributed by atoms with Crippen molar-refractivity contribution in [2.24, 2.45) is 4.99 Å². The van der Waals surface area contributed by atoms with E-state index in [0.717, 1.165) is 33.0 Å². The predicted octanol–water partition coefficient (Wildman–Crippen LogP) is 4.82. The molecule has 4 aromatic rings. The maximum atomic E-state index is 5.96. The van der Waals surface area contributed by atoms with Crippen LogP contribution in [0.3, 0.4) is 0 Å². The van der Waals surface area contributed by atoms with E-state index in [1.165, 1.54) is 0 Å². The van der Waals surface area contributed by atoms with Gasteiger partial charge >= 0.3 is 0 Å². The second kappa shape index (κ2) is 4.91. The van der Waals surface area contributed by atoms with E-state index in [2.05, 4.69) is 0 Å². The predicted molar refractivity (Wildman–Crippen MR) is 85.4 cm³/mol. The number of rotatable bonds is 1. The smallest absolute Gasteiger partial charge is 0.136 e. The summed E-state index contributed by atoms with van der Waals surface area (Å²) >= 11 is 0. The Morgan fingerprint density at radius 1 is 0.571 bits per heavy atom. The zero-order valence-corrected chi connectivity index (χ0v) is 11.4.